The van der Waals surface area contributed by atoms with E-state index in [9.17, 15) is 4.79 Å². The van der Waals surface area contributed by atoms with Gasteiger partial charge in [-0.15, -0.1) is 0 Å². The number of hydrogen-bond donors (Lipinski definition) is 0. The summed E-state index contributed by atoms with van der Waals surface area (Å²) in [5.74, 6) is 0.401. The fraction of sp³-hybridized carbons (Fsp3) is 0.500. The second kappa shape index (κ2) is 4.82. The molecule has 3 heteroatoms. The molecule has 0 unspecified atom stereocenters. The molecule has 1 aromatic rings. The van der Waals surface area contributed by atoms with E-state index in [2.05, 4.69) is 0 Å². The number of ether oxygens (including phenoxy) is 1. The largest absolute Gasteiger partial charge is 0.461 e. The summed E-state index contributed by atoms with van der Waals surface area (Å²) in [4.78, 5) is 11.3. The third-order valence-electron chi connectivity index (χ3n) is 1.58. The summed E-state index contributed by atoms with van der Waals surface area (Å²) < 4.78 is 10.2. The molecule has 0 saturated carbocycles. The highest BCUT2D eigenvalue weighted by Gasteiger charge is 2.08. The van der Waals surface area contributed by atoms with Gasteiger partial charge in [-0.05, 0) is 26.0 Å². The van der Waals surface area contributed by atoms with Gasteiger partial charge in [0.25, 0.3) is 0 Å². The number of rotatable bonds is 5. The first-order chi connectivity index (χ1) is 6.20. The van der Waals surface area contributed by atoms with Crippen LogP contribution >= 0.6 is 0 Å². The van der Waals surface area contributed by atoms with Crippen molar-refractivity contribution in [2.24, 2.45) is 0 Å². The lowest BCUT2D eigenvalue weighted by atomic mass is 10.2. The Bertz CT molecular complexity index is 249. The van der Waals surface area contributed by atoms with E-state index >= 15 is 0 Å². The molecule has 1 rings (SSSR count). The minimum Gasteiger partial charge on any atom is -0.461 e. The summed E-state index contributed by atoms with van der Waals surface area (Å²) in [6.07, 6.45) is 2.05. The molecule has 0 atom stereocenters. The van der Waals surface area contributed by atoms with Crippen LogP contribution in [0, 0.1) is 0 Å². The summed E-state index contributed by atoms with van der Waals surface area (Å²) in [7, 11) is 0. The zero-order chi connectivity index (χ0) is 9.68. The maximum atomic E-state index is 11.3. The Morgan fingerprint density at radius 3 is 2.92 bits per heavy atom. The average molecular weight is 182 g/mol. The average Bonchev–Trinajstić information content (AvgIpc) is 2.55. The second-order valence-electron chi connectivity index (χ2n) is 3.07. The topological polar surface area (TPSA) is 39.4 Å². The van der Waals surface area contributed by atoms with Gasteiger partial charge in [-0.1, -0.05) is 0 Å². The summed E-state index contributed by atoms with van der Waals surface area (Å²) >= 11 is 0. The van der Waals surface area contributed by atoms with Gasteiger partial charge in [0.2, 0.25) is 0 Å². The van der Waals surface area contributed by atoms with Crippen molar-refractivity contribution in [2.75, 3.05) is 6.61 Å². The first kappa shape index (κ1) is 9.99. The molecule has 0 saturated heterocycles. The maximum Gasteiger partial charge on any atom is 0.200 e. The van der Waals surface area contributed by atoms with E-state index in [1.165, 1.54) is 6.26 Å². The fourth-order valence-electron chi connectivity index (χ4n) is 0.948. The van der Waals surface area contributed by atoms with Crippen LogP contribution in [0.1, 0.15) is 30.8 Å². The second-order valence-corrected chi connectivity index (χ2v) is 3.07. The number of carbonyl (C=O) groups is 1. The molecular formula is C10H14O3. The van der Waals surface area contributed by atoms with Crippen molar-refractivity contribution in [3.63, 3.8) is 0 Å². The van der Waals surface area contributed by atoms with E-state index in [1.54, 1.807) is 12.1 Å². The number of ketones is 1. The zero-order valence-electron chi connectivity index (χ0n) is 7.95. The van der Waals surface area contributed by atoms with E-state index in [-0.39, 0.29) is 11.9 Å². The van der Waals surface area contributed by atoms with E-state index in [4.69, 9.17) is 9.15 Å². The molecule has 72 valence electrons. The smallest absolute Gasteiger partial charge is 0.200 e. The van der Waals surface area contributed by atoms with Crippen molar-refractivity contribution < 1.29 is 13.9 Å². The maximum absolute atomic E-state index is 11.3. The molecule has 13 heavy (non-hydrogen) atoms. The predicted molar refractivity (Wildman–Crippen MR) is 48.7 cm³/mol. The Kier molecular flexibility index (Phi) is 3.71. The fourth-order valence-corrected chi connectivity index (χ4v) is 0.948. The van der Waals surface area contributed by atoms with E-state index < -0.39 is 0 Å². The van der Waals surface area contributed by atoms with E-state index in [1.807, 2.05) is 13.8 Å². The minimum atomic E-state index is -0.00866. The highest BCUT2D eigenvalue weighted by Crippen LogP contribution is 2.04. The van der Waals surface area contributed by atoms with E-state index in [0.29, 0.717) is 18.8 Å². The van der Waals surface area contributed by atoms with Crippen LogP contribution in [-0.4, -0.2) is 18.5 Å². The molecule has 1 aromatic heterocycles. The van der Waals surface area contributed by atoms with Crippen molar-refractivity contribution in [2.45, 2.75) is 26.4 Å². The zero-order valence-corrected chi connectivity index (χ0v) is 7.95. The summed E-state index contributed by atoms with van der Waals surface area (Å²) in [6, 6.07) is 3.37. The highest BCUT2D eigenvalue weighted by molar-refractivity contribution is 5.93. The van der Waals surface area contributed by atoms with Gasteiger partial charge < -0.3 is 9.15 Å². The van der Waals surface area contributed by atoms with Crippen molar-refractivity contribution in [3.8, 4) is 0 Å². The van der Waals surface area contributed by atoms with Crippen molar-refractivity contribution in [3.05, 3.63) is 24.2 Å². The molecule has 0 radical (unpaired) electrons. The van der Waals surface area contributed by atoms with Gasteiger partial charge in [0.05, 0.1) is 19.0 Å². The van der Waals surface area contributed by atoms with Crippen molar-refractivity contribution in [1.29, 1.82) is 0 Å². The normalized spacial score (nSPS) is 10.7. The molecule has 0 fully saturated rings. The number of hydrogen-bond acceptors (Lipinski definition) is 3. The third kappa shape index (κ3) is 3.42. The highest BCUT2D eigenvalue weighted by atomic mass is 16.5. The lowest BCUT2D eigenvalue weighted by Gasteiger charge is -2.05. The first-order valence-electron chi connectivity index (χ1n) is 4.38. The van der Waals surface area contributed by atoms with Gasteiger partial charge in [0.15, 0.2) is 11.5 Å². The van der Waals surface area contributed by atoms with Crippen LogP contribution in [0.15, 0.2) is 22.8 Å². The van der Waals surface area contributed by atoms with Crippen molar-refractivity contribution >= 4 is 5.78 Å². The molecule has 0 N–H and O–H groups in total. The SMILES string of the molecule is CC(C)OCCC(=O)c1ccco1. The standard InChI is InChI=1S/C10H14O3/c1-8(2)12-7-5-9(11)10-4-3-6-13-10/h3-4,6,8H,5,7H2,1-2H3. The van der Waals surface area contributed by atoms with Crippen LogP contribution in [0.2, 0.25) is 0 Å². The van der Waals surface area contributed by atoms with Crippen LogP contribution in [0.25, 0.3) is 0 Å². The predicted octanol–water partition coefficient (Wildman–Crippen LogP) is 2.28. The molecule has 0 aromatic carbocycles. The monoisotopic (exact) mass is 182 g/mol. The van der Waals surface area contributed by atoms with Gasteiger partial charge >= 0.3 is 0 Å². The molecule has 0 aliphatic carbocycles. The Hall–Kier alpha value is -1.09. The molecule has 0 bridgehead atoms. The Labute approximate surface area is 77.7 Å². The molecule has 3 nitrogen and oxygen atoms in total. The number of carbonyl (C=O) groups excluding carboxylic acids is 1. The minimum absolute atomic E-state index is 0.00866. The first-order valence-corrected chi connectivity index (χ1v) is 4.38. The van der Waals surface area contributed by atoms with E-state index in [0.717, 1.165) is 0 Å². The Morgan fingerprint density at radius 1 is 1.62 bits per heavy atom. The molecular weight excluding hydrogens is 168 g/mol. The van der Waals surface area contributed by atoms with Crippen LogP contribution in [-0.2, 0) is 4.74 Å². The quantitative estimate of drug-likeness (QED) is 0.656. The van der Waals surface area contributed by atoms with Crippen LogP contribution in [0.3, 0.4) is 0 Å². The van der Waals surface area contributed by atoms with Gasteiger partial charge in [0, 0.05) is 6.42 Å². The van der Waals surface area contributed by atoms with Crippen LogP contribution in [0.5, 0.6) is 0 Å². The lowest BCUT2D eigenvalue weighted by Crippen LogP contribution is -2.08. The van der Waals surface area contributed by atoms with Crippen LogP contribution in [0.4, 0.5) is 0 Å². The molecule has 0 amide bonds. The lowest BCUT2D eigenvalue weighted by molar-refractivity contribution is 0.0664. The van der Waals surface area contributed by atoms with Crippen molar-refractivity contribution in [1.82, 2.24) is 0 Å². The van der Waals surface area contributed by atoms with Gasteiger partial charge in [0.1, 0.15) is 0 Å². The number of Topliss-reactive ketones (excluding diaryl/α,β-unsaturated/α-hetero) is 1. The number of furan rings is 1. The molecule has 0 spiro atoms. The summed E-state index contributed by atoms with van der Waals surface area (Å²) in [5.41, 5.74) is 0. The Balaban J connectivity index is 2.27. The Morgan fingerprint density at radius 2 is 2.38 bits per heavy atom. The summed E-state index contributed by atoms with van der Waals surface area (Å²) in [6.45, 7) is 4.34. The van der Waals surface area contributed by atoms with Gasteiger partial charge in [-0.25, -0.2) is 0 Å². The molecule has 1 heterocycles. The third-order valence-corrected chi connectivity index (χ3v) is 1.58. The van der Waals surface area contributed by atoms with Crippen LogP contribution < -0.4 is 0 Å². The molecule has 0 aliphatic heterocycles. The molecule has 0 aliphatic rings. The summed E-state index contributed by atoms with van der Waals surface area (Å²) in [5, 5.41) is 0. The van der Waals surface area contributed by atoms with Gasteiger partial charge in [-0.2, -0.15) is 0 Å². The van der Waals surface area contributed by atoms with Gasteiger partial charge in [-0.3, -0.25) is 4.79 Å².